The van der Waals surface area contributed by atoms with Crippen LogP contribution >= 0.6 is 11.8 Å². The number of anilines is 2. The first-order chi connectivity index (χ1) is 13.6. The van der Waals surface area contributed by atoms with E-state index in [2.05, 4.69) is 12.2 Å². The first-order valence-electron chi connectivity index (χ1n) is 9.47. The van der Waals surface area contributed by atoms with Gasteiger partial charge in [0.15, 0.2) is 0 Å². The Kier molecular flexibility index (Phi) is 5.09. The van der Waals surface area contributed by atoms with Gasteiger partial charge in [-0.3, -0.25) is 9.59 Å². The predicted molar refractivity (Wildman–Crippen MR) is 117 cm³/mol. The molecule has 0 spiro atoms. The number of benzene rings is 3. The third-order valence-corrected chi connectivity index (χ3v) is 5.86. The lowest BCUT2D eigenvalue weighted by Gasteiger charge is -2.17. The first-order valence-corrected chi connectivity index (χ1v) is 10.7. The van der Waals surface area contributed by atoms with Crippen molar-refractivity contribution in [3.63, 3.8) is 0 Å². The standard InChI is InChI=1S/C23H22N2O2S/c1-3-4-14-25-20-13-12-19(17-6-5-7-18(21(17)20)23(25)27)24-22(26)15-8-10-16(28-2)11-9-15/h5-13H,3-4,14H2,1-2H3,(H,24,26). The van der Waals surface area contributed by atoms with E-state index >= 15 is 0 Å². The molecule has 3 aromatic rings. The zero-order valence-corrected chi connectivity index (χ0v) is 16.8. The predicted octanol–water partition coefficient (Wildman–Crippen LogP) is 5.57. The average Bonchev–Trinajstić information content (AvgIpc) is 3.01. The molecule has 1 heterocycles. The summed E-state index contributed by atoms with van der Waals surface area (Å²) in [5.74, 6) is -0.106. The van der Waals surface area contributed by atoms with Crippen LogP contribution < -0.4 is 10.2 Å². The zero-order valence-electron chi connectivity index (χ0n) is 16.0. The molecule has 2 amide bonds. The highest BCUT2D eigenvalue weighted by Gasteiger charge is 2.30. The summed E-state index contributed by atoms with van der Waals surface area (Å²) in [4.78, 5) is 28.5. The lowest BCUT2D eigenvalue weighted by molar-refractivity contribution is 0.0991. The summed E-state index contributed by atoms with van der Waals surface area (Å²) >= 11 is 1.64. The largest absolute Gasteiger partial charge is 0.321 e. The monoisotopic (exact) mass is 390 g/mol. The van der Waals surface area contributed by atoms with Crippen molar-refractivity contribution in [1.29, 1.82) is 0 Å². The number of hydrogen-bond donors (Lipinski definition) is 1. The smallest absolute Gasteiger partial charge is 0.258 e. The summed E-state index contributed by atoms with van der Waals surface area (Å²) < 4.78 is 0. The Morgan fingerprint density at radius 2 is 1.86 bits per heavy atom. The summed E-state index contributed by atoms with van der Waals surface area (Å²) in [6, 6.07) is 17.1. The Bertz CT molecular complexity index is 1060. The van der Waals surface area contributed by atoms with E-state index in [0.29, 0.717) is 17.7 Å². The second-order valence-electron chi connectivity index (χ2n) is 6.85. The first kappa shape index (κ1) is 18.6. The number of rotatable bonds is 6. The fourth-order valence-corrected chi connectivity index (χ4v) is 4.04. The Balaban J connectivity index is 1.69. The molecule has 4 rings (SSSR count). The Labute approximate surface area is 168 Å². The molecule has 1 aliphatic heterocycles. The van der Waals surface area contributed by atoms with E-state index in [1.807, 2.05) is 65.8 Å². The molecule has 1 aliphatic rings. The number of nitrogens with zero attached hydrogens (tertiary/aromatic N) is 1. The van der Waals surface area contributed by atoms with Crippen LogP contribution in [0.15, 0.2) is 59.5 Å². The van der Waals surface area contributed by atoms with Gasteiger partial charge in [-0.1, -0.05) is 25.5 Å². The molecule has 28 heavy (non-hydrogen) atoms. The van der Waals surface area contributed by atoms with Crippen molar-refractivity contribution in [1.82, 2.24) is 0 Å². The van der Waals surface area contributed by atoms with Gasteiger partial charge in [-0.05, 0) is 55.1 Å². The van der Waals surface area contributed by atoms with Crippen molar-refractivity contribution in [2.75, 3.05) is 23.0 Å². The van der Waals surface area contributed by atoms with E-state index in [-0.39, 0.29) is 11.8 Å². The Morgan fingerprint density at radius 1 is 1.07 bits per heavy atom. The highest BCUT2D eigenvalue weighted by Crippen LogP contribution is 2.40. The van der Waals surface area contributed by atoms with E-state index in [4.69, 9.17) is 0 Å². The lowest BCUT2D eigenvalue weighted by Crippen LogP contribution is -2.27. The molecule has 0 saturated carbocycles. The number of hydrogen-bond acceptors (Lipinski definition) is 3. The molecule has 3 aromatic carbocycles. The molecule has 0 bridgehead atoms. The van der Waals surface area contributed by atoms with Crippen molar-refractivity contribution in [2.24, 2.45) is 0 Å². The maximum absolute atomic E-state index is 12.8. The summed E-state index contributed by atoms with van der Waals surface area (Å²) in [5.41, 5.74) is 2.99. The van der Waals surface area contributed by atoms with Crippen LogP contribution in [0.2, 0.25) is 0 Å². The quantitative estimate of drug-likeness (QED) is 0.560. The Hall–Kier alpha value is -2.79. The molecule has 1 N–H and O–H groups in total. The van der Waals surface area contributed by atoms with Crippen LogP contribution in [0.1, 0.15) is 40.5 Å². The van der Waals surface area contributed by atoms with Gasteiger partial charge in [0, 0.05) is 39.0 Å². The minimum absolute atomic E-state index is 0.0465. The molecule has 0 fully saturated rings. The number of amides is 2. The molecule has 5 heteroatoms. The third-order valence-electron chi connectivity index (χ3n) is 5.12. The van der Waals surface area contributed by atoms with Crippen LogP contribution in [0.25, 0.3) is 10.8 Å². The van der Waals surface area contributed by atoms with Crippen LogP contribution in [0.3, 0.4) is 0 Å². The summed E-state index contributed by atoms with van der Waals surface area (Å²) in [5, 5.41) is 4.85. The van der Waals surface area contributed by atoms with Gasteiger partial charge >= 0.3 is 0 Å². The average molecular weight is 391 g/mol. The van der Waals surface area contributed by atoms with Crippen molar-refractivity contribution in [3.8, 4) is 0 Å². The highest BCUT2D eigenvalue weighted by molar-refractivity contribution is 7.98. The van der Waals surface area contributed by atoms with Crippen LogP contribution in [0.5, 0.6) is 0 Å². The molecule has 4 nitrogen and oxygen atoms in total. The molecular formula is C23H22N2O2S. The normalized spacial score (nSPS) is 12.6. The van der Waals surface area contributed by atoms with E-state index in [9.17, 15) is 9.59 Å². The maximum Gasteiger partial charge on any atom is 0.258 e. The maximum atomic E-state index is 12.8. The van der Waals surface area contributed by atoms with Gasteiger partial charge in [0.05, 0.1) is 5.69 Å². The van der Waals surface area contributed by atoms with E-state index in [1.54, 1.807) is 11.8 Å². The topological polar surface area (TPSA) is 49.4 Å². The van der Waals surface area contributed by atoms with Gasteiger partial charge in [0.2, 0.25) is 0 Å². The SMILES string of the molecule is CCCCN1C(=O)c2cccc3c(NC(=O)c4ccc(SC)cc4)ccc1c23. The number of unbranched alkanes of at least 4 members (excludes halogenated alkanes) is 1. The van der Waals surface area contributed by atoms with Gasteiger partial charge in [0.1, 0.15) is 0 Å². The molecule has 0 saturated heterocycles. The van der Waals surface area contributed by atoms with Crippen molar-refractivity contribution >= 4 is 45.7 Å². The molecule has 0 unspecified atom stereocenters. The van der Waals surface area contributed by atoms with Gasteiger partial charge in [-0.25, -0.2) is 0 Å². The van der Waals surface area contributed by atoms with Gasteiger partial charge in [-0.2, -0.15) is 0 Å². The number of carbonyl (C=O) groups is 2. The van der Waals surface area contributed by atoms with Crippen LogP contribution in [0, 0.1) is 0 Å². The second-order valence-corrected chi connectivity index (χ2v) is 7.73. The number of thioether (sulfide) groups is 1. The molecule has 0 aromatic heterocycles. The lowest BCUT2D eigenvalue weighted by atomic mass is 10.0. The minimum Gasteiger partial charge on any atom is -0.321 e. The van der Waals surface area contributed by atoms with Crippen LogP contribution in [-0.2, 0) is 0 Å². The third kappa shape index (κ3) is 3.16. The van der Waals surface area contributed by atoms with E-state index in [1.165, 1.54) is 0 Å². The highest BCUT2D eigenvalue weighted by atomic mass is 32.2. The van der Waals surface area contributed by atoms with Crippen LogP contribution in [-0.4, -0.2) is 24.6 Å². The van der Waals surface area contributed by atoms with E-state index < -0.39 is 0 Å². The van der Waals surface area contributed by atoms with Gasteiger partial charge in [0.25, 0.3) is 11.8 Å². The van der Waals surface area contributed by atoms with Crippen LogP contribution in [0.4, 0.5) is 11.4 Å². The minimum atomic E-state index is -0.152. The number of nitrogens with one attached hydrogen (secondary N) is 1. The Morgan fingerprint density at radius 3 is 2.57 bits per heavy atom. The summed E-state index contributed by atoms with van der Waals surface area (Å²) in [6.45, 7) is 2.83. The summed E-state index contributed by atoms with van der Waals surface area (Å²) in [7, 11) is 0. The van der Waals surface area contributed by atoms with Gasteiger partial charge < -0.3 is 10.2 Å². The zero-order chi connectivity index (χ0) is 19.7. The molecular weight excluding hydrogens is 368 g/mol. The van der Waals surface area contributed by atoms with Crippen molar-refractivity contribution in [2.45, 2.75) is 24.7 Å². The van der Waals surface area contributed by atoms with Crippen molar-refractivity contribution in [3.05, 3.63) is 65.7 Å². The second kappa shape index (κ2) is 7.68. The fourth-order valence-electron chi connectivity index (χ4n) is 3.63. The molecule has 0 aliphatic carbocycles. The fraction of sp³-hybridized carbons (Fsp3) is 0.217. The summed E-state index contributed by atoms with van der Waals surface area (Å²) in [6.07, 6.45) is 4.01. The molecule has 0 radical (unpaired) electrons. The van der Waals surface area contributed by atoms with Gasteiger partial charge in [-0.15, -0.1) is 11.8 Å². The molecule has 0 atom stereocenters. The van der Waals surface area contributed by atoms with E-state index in [0.717, 1.165) is 39.9 Å². The van der Waals surface area contributed by atoms with Crippen molar-refractivity contribution < 1.29 is 9.59 Å². The molecule has 142 valence electrons. The number of carbonyl (C=O) groups excluding carboxylic acids is 2.